The summed E-state index contributed by atoms with van der Waals surface area (Å²) in [6.07, 6.45) is 14.5. The van der Waals surface area contributed by atoms with Crippen molar-refractivity contribution in [3.8, 4) is 5.75 Å². The minimum atomic E-state index is -0.308. The fraction of sp³-hybridized carbons (Fsp3) is 0.560. The van der Waals surface area contributed by atoms with Gasteiger partial charge in [0.15, 0.2) is 4.88 Å². The largest absolute Gasteiger partial charge is 0.492 e. The van der Waals surface area contributed by atoms with E-state index >= 15 is 0 Å². The number of unbranched alkanes of at least 4 members (excludes halogenated alkanes) is 10. The van der Waals surface area contributed by atoms with E-state index in [0.717, 1.165) is 12.0 Å². The summed E-state index contributed by atoms with van der Waals surface area (Å²) in [5.41, 5.74) is 0.987. The Kier molecular flexibility index (Phi) is 12.2. The van der Waals surface area contributed by atoms with Crippen molar-refractivity contribution in [3.05, 3.63) is 52.2 Å². The number of carbonyl (C=O) groups excluding carboxylic acids is 1. The fourth-order valence-corrected chi connectivity index (χ4v) is 4.02. The standard InChI is InChI=1S/C25H36O3S/c1-2-3-4-5-6-7-8-9-10-11-15-19-27-23-18-20-29-24(23)25(26)28-21-22-16-13-12-14-17-22/h12-14,16-18,20H,2-11,15,19,21H2,1H3. The molecule has 0 aliphatic heterocycles. The van der Waals surface area contributed by atoms with Crippen molar-refractivity contribution in [3.63, 3.8) is 0 Å². The van der Waals surface area contributed by atoms with Crippen LogP contribution in [0.4, 0.5) is 0 Å². The molecule has 0 bridgehead atoms. The molecule has 1 heterocycles. The van der Waals surface area contributed by atoms with Crippen LogP contribution in [0, 0.1) is 0 Å². The highest BCUT2D eigenvalue weighted by molar-refractivity contribution is 7.12. The smallest absolute Gasteiger partial charge is 0.352 e. The Bertz CT molecular complexity index is 666. The number of hydrogen-bond acceptors (Lipinski definition) is 4. The number of benzene rings is 1. The number of rotatable bonds is 16. The van der Waals surface area contributed by atoms with Crippen molar-refractivity contribution >= 4 is 17.3 Å². The molecule has 1 aromatic heterocycles. The van der Waals surface area contributed by atoms with Crippen molar-refractivity contribution in [2.24, 2.45) is 0 Å². The van der Waals surface area contributed by atoms with Crippen LogP contribution in [0.2, 0.25) is 0 Å². The number of esters is 1. The van der Waals surface area contributed by atoms with E-state index in [1.165, 1.54) is 75.5 Å². The van der Waals surface area contributed by atoms with Crippen LogP contribution in [0.3, 0.4) is 0 Å². The van der Waals surface area contributed by atoms with Gasteiger partial charge in [-0.3, -0.25) is 0 Å². The molecule has 0 fully saturated rings. The summed E-state index contributed by atoms with van der Waals surface area (Å²) < 4.78 is 11.3. The van der Waals surface area contributed by atoms with Crippen molar-refractivity contribution in [1.82, 2.24) is 0 Å². The van der Waals surface area contributed by atoms with Crippen LogP contribution in [0.15, 0.2) is 41.8 Å². The molecule has 0 amide bonds. The van der Waals surface area contributed by atoms with Gasteiger partial charge in [0.2, 0.25) is 0 Å². The summed E-state index contributed by atoms with van der Waals surface area (Å²) in [5, 5.41) is 1.88. The topological polar surface area (TPSA) is 35.5 Å². The molecule has 0 radical (unpaired) electrons. The first kappa shape index (κ1) is 23.5. The lowest BCUT2D eigenvalue weighted by Crippen LogP contribution is -2.06. The maximum atomic E-state index is 12.3. The first-order chi connectivity index (χ1) is 14.3. The van der Waals surface area contributed by atoms with Crippen LogP contribution in [0.25, 0.3) is 0 Å². The van der Waals surface area contributed by atoms with Gasteiger partial charge in [-0.25, -0.2) is 4.79 Å². The predicted molar refractivity (Wildman–Crippen MR) is 122 cm³/mol. The van der Waals surface area contributed by atoms with Crippen LogP contribution in [0.1, 0.15) is 92.8 Å². The molecule has 2 rings (SSSR count). The highest BCUT2D eigenvalue weighted by atomic mass is 32.1. The molecule has 1 aromatic carbocycles. The van der Waals surface area contributed by atoms with Crippen LogP contribution < -0.4 is 4.74 Å². The highest BCUT2D eigenvalue weighted by Gasteiger charge is 2.16. The van der Waals surface area contributed by atoms with E-state index in [0.29, 0.717) is 17.2 Å². The number of carbonyl (C=O) groups is 1. The van der Waals surface area contributed by atoms with E-state index in [1.54, 1.807) is 0 Å². The Morgan fingerprint density at radius 1 is 0.828 bits per heavy atom. The normalized spacial score (nSPS) is 10.8. The quantitative estimate of drug-likeness (QED) is 0.207. The molecule has 0 atom stereocenters. The third-order valence-corrected chi connectivity index (χ3v) is 5.91. The molecule has 0 spiro atoms. The van der Waals surface area contributed by atoms with Crippen LogP contribution >= 0.6 is 11.3 Å². The van der Waals surface area contributed by atoms with E-state index in [9.17, 15) is 4.79 Å². The maximum Gasteiger partial charge on any atom is 0.352 e. The summed E-state index contributed by atoms with van der Waals surface area (Å²) in [6.45, 7) is 3.21. The van der Waals surface area contributed by atoms with Crippen molar-refractivity contribution in [1.29, 1.82) is 0 Å². The second kappa shape index (κ2) is 15.1. The zero-order chi connectivity index (χ0) is 20.6. The lowest BCUT2D eigenvalue weighted by molar-refractivity contribution is 0.0474. The molecule has 0 saturated heterocycles. The van der Waals surface area contributed by atoms with Gasteiger partial charge in [-0.2, -0.15) is 0 Å². The Hall–Kier alpha value is -1.81. The molecule has 29 heavy (non-hydrogen) atoms. The number of ether oxygens (including phenoxy) is 2. The van der Waals surface area contributed by atoms with Gasteiger partial charge >= 0.3 is 5.97 Å². The van der Waals surface area contributed by atoms with Crippen molar-refractivity contribution in [2.45, 2.75) is 84.2 Å². The molecule has 3 nitrogen and oxygen atoms in total. The number of hydrogen-bond donors (Lipinski definition) is 0. The molecule has 0 aliphatic carbocycles. The van der Waals surface area contributed by atoms with Gasteiger partial charge in [0.05, 0.1) is 6.61 Å². The molecule has 4 heteroatoms. The highest BCUT2D eigenvalue weighted by Crippen LogP contribution is 2.26. The molecule has 2 aromatic rings. The molecule has 0 saturated carbocycles. The van der Waals surface area contributed by atoms with Crippen LogP contribution in [0.5, 0.6) is 5.75 Å². The average Bonchev–Trinajstić information content (AvgIpc) is 3.22. The van der Waals surface area contributed by atoms with Crippen molar-refractivity contribution < 1.29 is 14.3 Å². The Morgan fingerprint density at radius 3 is 2.10 bits per heavy atom. The average molecular weight is 417 g/mol. The SMILES string of the molecule is CCCCCCCCCCCCCOc1ccsc1C(=O)OCc1ccccc1. The lowest BCUT2D eigenvalue weighted by Gasteiger charge is -2.08. The Morgan fingerprint density at radius 2 is 1.45 bits per heavy atom. The van der Waals surface area contributed by atoms with Crippen LogP contribution in [-0.4, -0.2) is 12.6 Å². The van der Waals surface area contributed by atoms with Gasteiger partial charge in [0.1, 0.15) is 12.4 Å². The second-order valence-corrected chi connectivity index (χ2v) is 8.48. The number of thiophene rings is 1. The van der Waals surface area contributed by atoms with Gasteiger partial charge in [-0.1, -0.05) is 101 Å². The van der Waals surface area contributed by atoms with E-state index in [2.05, 4.69) is 6.92 Å². The molecular weight excluding hydrogens is 380 g/mol. The van der Waals surface area contributed by atoms with Gasteiger partial charge in [-0.05, 0) is 23.4 Å². The third kappa shape index (κ3) is 9.98. The summed E-state index contributed by atoms with van der Waals surface area (Å²) in [7, 11) is 0. The van der Waals surface area contributed by atoms with Crippen molar-refractivity contribution in [2.75, 3.05) is 6.61 Å². The monoisotopic (exact) mass is 416 g/mol. The summed E-state index contributed by atoms with van der Waals surface area (Å²) in [6, 6.07) is 11.6. The first-order valence-corrected chi connectivity index (χ1v) is 12.1. The summed E-state index contributed by atoms with van der Waals surface area (Å²) in [4.78, 5) is 12.9. The fourth-order valence-electron chi connectivity index (χ4n) is 3.30. The first-order valence-electron chi connectivity index (χ1n) is 11.2. The summed E-state index contributed by atoms with van der Waals surface area (Å²) in [5.74, 6) is 0.345. The minimum Gasteiger partial charge on any atom is -0.492 e. The summed E-state index contributed by atoms with van der Waals surface area (Å²) >= 11 is 1.38. The zero-order valence-corrected chi connectivity index (χ0v) is 18.7. The predicted octanol–water partition coefficient (Wildman–Crippen LogP) is 7.79. The lowest BCUT2D eigenvalue weighted by atomic mass is 10.1. The Labute approximate surface area is 180 Å². The van der Waals surface area contributed by atoms with E-state index in [1.807, 2.05) is 41.8 Å². The van der Waals surface area contributed by atoms with Gasteiger partial charge in [-0.15, -0.1) is 11.3 Å². The van der Waals surface area contributed by atoms with E-state index in [4.69, 9.17) is 9.47 Å². The third-order valence-electron chi connectivity index (χ3n) is 5.03. The zero-order valence-electron chi connectivity index (χ0n) is 17.9. The molecular formula is C25H36O3S. The maximum absolute atomic E-state index is 12.3. The minimum absolute atomic E-state index is 0.287. The van der Waals surface area contributed by atoms with E-state index < -0.39 is 0 Å². The Balaban J connectivity index is 1.53. The molecule has 0 unspecified atom stereocenters. The van der Waals surface area contributed by atoms with Gasteiger partial charge < -0.3 is 9.47 Å². The molecule has 0 N–H and O–H groups in total. The molecule has 0 aliphatic rings. The van der Waals surface area contributed by atoms with E-state index in [-0.39, 0.29) is 12.6 Å². The van der Waals surface area contributed by atoms with Gasteiger partial charge in [0, 0.05) is 0 Å². The van der Waals surface area contributed by atoms with Crippen LogP contribution in [-0.2, 0) is 11.3 Å². The van der Waals surface area contributed by atoms with Gasteiger partial charge in [0.25, 0.3) is 0 Å². The molecule has 160 valence electrons. The second-order valence-electron chi connectivity index (χ2n) is 7.56.